The van der Waals surface area contributed by atoms with Gasteiger partial charge in [0.1, 0.15) is 16.9 Å². The maximum absolute atomic E-state index is 13.6. The summed E-state index contributed by atoms with van der Waals surface area (Å²) in [6, 6.07) is 20.4. The first kappa shape index (κ1) is 21.3. The summed E-state index contributed by atoms with van der Waals surface area (Å²) in [5, 5.41) is 2.79. The Morgan fingerprint density at radius 3 is 1.94 bits per heavy atom. The minimum Gasteiger partial charge on any atom is -0.497 e. The van der Waals surface area contributed by atoms with Crippen LogP contribution in [0.1, 0.15) is 39.6 Å². The lowest BCUT2D eigenvalue weighted by Gasteiger charge is -2.26. The molecule has 1 aliphatic rings. The van der Waals surface area contributed by atoms with Crippen molar-refractivity contribution in [3.05, 3.63) is 89.5 Å². The van der Waals surface area contributed by atoms with Crippen LogP contribution in [0.5, 0.6) is 11.5 Å². The Morgan fingerprint density at radius 1 is 0.844 bits per heavy atom. The number of ketones is 2. The summed E-state index contributed by atoms with van der Waals surface area (Å²) in [5.41, 5.74) is 0.0719. The molecule has 32 heavy (non-hydrogen) atoms. The van der Waals surface area contributed by atoms with Crippen molar-refractivity contribution in [1.82, 2.24) is 0 Å². The maximum Gasteiger partial charge on any atom is 0.226 e. The summed E-state index contributed by atoms with van der Waals surface area (Å²) in [6.45, 7) is 2.37. The van der Waals surface area contributed by atoms with Crippen molar-refractivity contribution in [2.45, 2.75) is 18.8 Å². The maximum atomic E-state index is 13.6. The third kappa shape index (κ3) is 3.64. The third-order valence-corrected chi connectivity index (χ3v) is 5.65. The molecule has 1 aliphatic carbocycles. The molecule has 0 aliphatic heterocycles. The summed E-state index contributed by atoms with van der Waals surface area (Å²) in [6.07, 6.45) is -0.306. The van der Waals surface area contributed by atoms with E-state index in [1.807, 2.05) is 6.92 Å². The van der Waals surface area contributed by atoms with E-state index in [1.54, 1.807) is 79.9 Å². The van der Waals surface area contributed by atoms with Gasteiger partial charge in [0.2, 0.25) is 5.91 Å². The first-order chi connectivity index (χ1) is 15.5. The molecule has 0 saturated heterocycles. The van der Waals surface area contributed by atoms with Crippen LogP contribution in [0.3, 0.4) is 0 Å². The van der Waals surface area contributed by atoms with Crippen molar-refractivity contribution in [1.29, 1.82) is 0 Å². The van der Waals surface area contributed by atoms with Gasteiger partial charge in [0, 0.05) is 16.8 Å². The molecule has 0 saturated carbocycles. The molecular weight excluding hydrogens is 406 g/mol. The highest BCUT2D eigenvalue weighted by atomic mass is 16.5. The topological polar surface area (TPSA) is 81.7 Å². The molecule has 1 amide bonds. The average Bonchev–Trinajstić information content (AvgIpc) is 3.03. The van der Waals surface area contributed by atoms with E-state index in [-0.39, 0.29) is 18.0 Å². The van der Waals surface area contributed by atoms with Crippen LogP contribution in [0, 0.1) is 0 Å². The van der Waals surface area contributed by atoms with Gasteiger partial charge in [-0.15, -0.1) is 0 Å². The smallest absolute Gasteiger partial charge is 0.226 e. The van der Waals surface area contributed by atoms with E-state index in [0.29, 0.717) is 40.5 Å². The molecule has 3 aromatic carbocycles. The Bertz CT molecular complexity index is 1130. The lowest BCUT2D eigenvalue weighted by Crippen LogP contribution is -2.42. The first-order valence-electron chi connectivity index (χ1n) is 10.4. The van der Waals surface area contributed by atoms with Gasteiger partial charge in [-0.05, 0) is 48.9 Å². The molecule has 4 rings (SSSR count). The van der Waals surface area contributed by atoms with Crippen molar-refractivity contribution in [3.8, 4) is 11.5 Å². The Balaban J connectivity index is 1.70. The SMILES string of the molecule is CCOc1ccc(C2(CC(=O)Nc3ccc(OC)cc3)C(=O)c3ccccc3C2=O)cc1. The number of Topliss-reactive ketones (excluding diaryl/α,β-unsaturated/α-hetero) is 2. The van der Waals surface area contributed by atoms with Crippen molar-refractivity contribution in [3.63, 3.8) is 0 Å². The van der Waals surface area contributed by atoms with Gasteiger partial charge in [-0.1, -0.05) is 36.4 Å². The average molecular weight is 429 g/mol. The van der Waals surface area contributed by atoms with Gasteiger partial charge in [0.15, 0.2) is 11.6 Å². The largest absolute Gasteiger partial charge is 0.497 e. The number of nitrogens with one attached hydrogen (secondary N) is 1. The summed E-state index contributed by atoms with van der Waals surface area (Å²) < 4.78 is 10.6. The lowest BCUT2D eigenvalue weighted by molar-refractivity contribution is -0.116. The fourth-order valence-electron chi connectivity index (χ4n) is 4.09. The van der Waals surface area contributed by atoms with Crippen molar-refractivity contribution >= 4 is 23.2 Å². The second-order valence-corrected chi connectivity index (χ2v) is 7.52. The molecule has 0 aromatic heterocycles. The van der Waals surface area contributed by atoms with Gasteiger partial charge in [-0.3, -0.25) is 14.4 Å². The van der Waals surface area contributed by atoms with E-state index in [1.165, 1.54) is 0 Å². The molecule has 0 unspecified atom stereocenters. The van der Waals surface area contributed by atoms with E-state index in [9.17, 15) is 14.4 Å². The van der Waals surface area contributed by atoms with E-state index < -0.39 is 11.3 Å². The summed E-state index contributed by atoms with van der Waals surface area (Å²) >= 11 is 0. The van der Waals surface area contributed by atoms with Crippen LogP contribution in [0.15, 0.2) is 72.8 Å². The quantitative estimate of drug-likeness (QED) is 0.562. The molecule has 0 spiro atoms. The molecule has 0 atom stereocenters. The molecule has 1 N–H and O–H groups in total. The van der Waals surface area contributed by atoms with Gasteiger partial charge < -0.3 is 14.8 Å². The minimum atomic E-state index is -1.62. The van der Waals surface area contributed by atoms with Gasteiger partial charge in [0.25, 0.3) is 0 Å². The monoisotopic (exact) mass is 429 g/mol. The number of carbonyl (C=O) groups excluding carboxylic acids is 3. The van der Waals surface area contributed by atoms with Gasteiger partial charge >= 0.3 is 0 Å². The summed E-state index contributed by atoms with van der Waals surface area (Å²) in [4.78, 5) is 40.2. The number of hydrogen-bond acceptors (Lipinski definition) is 5. The highest BCUT2D eigenvalue weighted by Crippen LogP contribution is 2.43. The summed E-state index contributed by atoms with van der Waals surface area (Å²) in [7, 11) is 1.56. The van der Waals surface area contributed by atoms with Crippen molar-refractivity contribution in [2.75, 3.05) is 19.0 Å². The fraction of sp³-hybridized carbons (Fsp3) is 0.192. The fourth-order valence-corrected chi connectivity index (χ4v) is 4.09. The predicted molar refractivity (Wildman–Crippen MR) is 121 cm³/mol. The zero-order chi connectivity index (χ0) is 22.7. The van der Waals surface area contributed by atoms with Crippen LogP contribution in [0.4, 0.5) is 5.69 Å². The van der Waals surface area contributed by atoms with E-state index >= 15 is 0 Å². The molecule has 6 nitrogen and oxygen atoms in total. The first-order valence-corrected chi connectivity index (χ1v) is 10.4. The van der Waals surface area contributed by atoms with Gasteiger partial charge in [-0.2, -0.15) is 0 Å². The Kier molecular flexibility index (Phi) is 5.77. The van der Waals surface area contributed by atoms with Gasteiger partial charge in [-0.25, -0.2) is 0 Å². The second kappa shape index (κ2) is 8.67. The minimum absolute atomic E-state index is 0.306. The third-order valence-electron chi connectivity index (χ3n) is 5.65. The predicted octanol–water partition coefficient (Wildman–Crippen LogP) is 4.44. The van der Waals surface area contributed by atoms with Crippen LogP contribution in [0.2, 0.25) is 0 Å². The molecule has 162 valence electrons. The number of anilines is 1. The zero-order valence-corrected chi connectivity index (χ0v) is 17.9. The molecular formula is C26H23NO5. The number of carbonyl (C=O) groups is 3. The van der Waals surface area contributed by atoms with Crippen LogP contribution in [0.25, 0.3) is 0 Å². The number of benzene rings is 3. The highest BCUT2D eigenvalue weighted by molar-refractivity contribution is 6.34. The lowest BCUT2D eigenvalue weighted by atomic mass is 9.73. The van der Waals surface area contributed by atoms with Crippen LogP contribution in [-0.4, -0.2) is 31.2 Å². The van der Waals surface area contributed by atoms with Crippen LogP contribution < -0.4 is 14.8 Å². The van der Waals surface area contributed by atoms with Crippen molar-refractivity contribution in [2.24, 2.45) is 0 Å². The Labute approximate surface area is 186 Å². The van der Waals surface area contributed by atoms with E-state index in [0.717, 1.165) is 0 Å². The number of rotatable bonds is 7. The number of methoxy groups -OCH3 is 1. The highest BCUT2D eigenvalue weighted by Gasteiger charge is 2.55. The van der Waals surface area contributed by atoms with Crippen molar-refractivity contribution < 1.29 is 23.9 Å². The van der Waals surface area contributed by atoms with E-state index in [2.05, 4.69) is 5.32 Å². The number of fused-ring (bicyclic) bond motifs is 1. The Hall–Kier alpha value is -3.93. The number of amides is 1. The number of hydrogen-bond donors (Lipinski definition) is 1. The molecule has 0 fully saturated rings. The standard InChI is InChI=1S/C26H23NO5/c1-3-32-20-12-8-17(9-13-20)26(24(29)21-6-4-5-7-22(21)25(26)30)16-23(28)27-18-10-14-19(31-2)15-11-18/h4-15H,3,16H2,1-2H3,(H,27,28). The second-order valence-electron chi connectivity index (χ2n) is 7.52. The molecule has 3 aromatic rings. The van der Waals surface area contributed by atoms with E-state index in [4.69, 9.17) is 9.47 Å². The Morgan fingerprint density at radius 2 is 1.41 bits per heavy atom. The normalized spacial score (nSPS) is 14.1. The van der Waals surface area contributed by atoms with Gasteiger partial charge in [0.05, 0.1) is 20.1 Å². The zero-order valence-electron chi connectivity index (χ0n) is 17.9. The molecule has 0 radical (unpaired) electrons. The number of ether oxygens (including phenoxy) is 2. The molecule has 0 heterocycles. The molecule has 6 heteroatoms. The molecule has 0 bridgehead atoms. The summed E-state index contributed by atoms with van der Waals surface area (Å²) in [5.74, 6) is 0.118. The van der Waals surface area contributed by atoms with Crippen LogP contribution in [-0.2, 0) is 10.2 Å². The van der Waals surface area contributed by atoms with Crippen LogP contribution >= 0.6 is 0 Å².